The second-order valence-corrected chi connectivity index (χ2v) is 3.50. The Morgan fingerprint density at radius 3 is 3.00 bits per heavy atom. The van der Waals surface area contributed by atoms with Gasteiger partial charge in [0.1, 0.15) is 5.69 Å². The first kappa shape index (κ1) is 8.99. The van der Waals surface area contributed by atoms with Crippen molar-refractivity contribution in [2.24, 2.45) is 0 Å². The fourth-order valence-electron chi connectivity index (χ4n) is 1.45. The van der Waals surface area contributed by atoms with Gasteiger partial charge in [-0.25, -0.2) is 4.79 Å². The van der Waals surface area contributed by atoms with Gasteiger partial charge >= 0.3 is 5.97 Å². The molecule has 0 spiro atoms. The Morgan fingerprint density at radius 1 is 1.79 bits per heavy atom. The lowest BCUT2D eigenvalue weighted by Gasteiger charge is -1.98. The number of hydrogen-bond donors (Lipinski definition) is 1. The summed E-state index contributed by atoms with van der Waals surface area (Å²) in [5, 5.41) is 13.2. The third-order valence-electron chi connectivity index (χ3n) is 2.32. The molecule has 4 nitrogen and oxygen atoms in total. The van der Waals surface area contributed by atoms with Gasteiger partial charge in [-0.2, -0.15) is 5.10 Å². The van der Waals surface area contributed by atoms with Gasteiger partial charge in [-0.15, -0.1) is 6.58 Å². The van der Waals surface area contributed by atoms with Gasteiger partial charge in [-0.1, -0.05) is 6.08 Å². The molecular formula is C10H12N2O2. The Labute approximate surface area is 81.9 Å². The van der Waals surface area contributed by atoms with E-state index in [4.69, 9.17) is 5.11 Å². The number of aromatic carboxylic acids is 1. The monoisotopic (exact) mass is 192 g/mol. The highest BCUT2D eigenvalue weighted by Gasteiger charge is 2.28. The lowest BCUT2D eigenvalue weighted by Crippen LogP contribution is -2.08. The van der Waals surface area contributed by atoms with E-state index in [2.05, 4.69) is 11.7 Å². The zero-order valence-electron chi connectivity index (χ0n) is 7.81. The van der Waals surface area contributed by atoms with Crippen molar-refractivity contribution in [3.63, 3.8) is 0 Å². The van der Waals surface area contributed by atoms with E-state index >= 15 is 0 Å². The van der Waals surface area contributed by atoms with Gasteiger partial charge in [0.15, 0.2) is 0 Å². The van der Waals surface area contributed by atoms with E-state index in [1.807, 2.05) is 0 Å². The molecule has 1 aromatic rings. The first-order valence-electron chi connectivity index (χ1n) is 4.64. The molecule has 0 unspecified atom stereocenters. The van der Waals surface area contributed by atoms with Crippen LogP contribution in [0, 0.1) is 0 Å². The Hall–Kier alpha value is -1.58. The Balaban J connectivity index is 2.33. The highest BCUT2D eigenvalue weighted by molar-refractivity contribution is 5.85. The van der Waals surface area contributed by atoms with Crippen molar-refractivity contribution < 1.29 is 9.90 Å². The summed E-state index contributed by atoms with van der Waals surface area (Å²) in [4.78, 5) is 10.9. The predicted octanol–water partition coefficient (Wildman–Crippen LogP) is 1.64. The van der Waals surface area contributed by atoms with Crippen LogP contribution in [0.15, 0.2) is 18.7 Å². The maximum atomic E-state index is 10.9. The summed E-state index contributed by atoms with van der Waals surface area (Å²) in [6.45, 7) is 4.03. The van der Waals surface area contributed by atoms with Gasteiger partial charge in [-0.3, -0.25) is 4.68 Å². The molecule has 0 atom stereocenters. The normalized spacial score (nSPS) is 15.4. The molecule has 1 saturated carbocycles. The van der Waals surface area contributed by atoms with Crippen molar-refractivity contribution in [3.05, 3.63) is 30.1 Å². The average Bonchev–Trinajstić information content (AvgIpc) is 2.89. The van der Waals surface area contributed by atoms with Crippen LogP contribution in [0.25, 0.3) is 0 Å². The number of aromatic nitrogens is 2. The van der Waals surface area contributed by atoms with Crippen LogP contribution in [0.4, 0.5) is 0 Å². The molecule has 0 radical (unpaired) electrons. The molecule has 74 valence electrons. The third kappa shape index (κ3) is 1.55. The summed E-state index contributed by atoms with van der Waals surface area (Å²) in [6, 6.07) is 1.67. The van der Waals surface area contributed by atoms with Crippen molar-refractivity contribution in [1.29, 1.82) is 0 Å². The van der Waals surface area contributed by atoms with Crippen LogP contribution in [0.3, 0.4) is 0 Å². The van der Waals surface area contributed by atoms with Gasteiger partial charge in [0.05, 0.1) is 12.2 Å². The molecule has 1 fully saturated rings. The lowest BCUT2D eigenvalue weighted by molar-refractivity contribution is 0.0684. The zero-order valence-corrected chi connectivity index (χ0v) is 7.81. The van der Waals surface area contributed by atoms with Crippen LogP contribution in [0.2, 0.25) is 0 Å². The van der Waals surface area contributed by atoms with E-state index in [9.17, 15) is 4.79 Å². The number of hydrogen-bond acceptors (Lipinski definition) is 2. The number of nitrogens with zero attached hydrogens (tertiary/aromatic N) is 2. The average molecular weight is 192 g/mol. The standard InChI is InChI=1S/C10H12N2O2/c1-2-5-12-9(10(13)14)6-8(11-12)7-3-4-7/h2,6-7H,1,3-5H2,(H,13,14). The number of rotatable bonds is 4. The molecular weight excluding hydrogens is 180 g/mol. The smallest absolute Gasteiger partial charge is 0.354 e. The van der Waals surface area contributed by atoms with E-state index in [1.54, 1.807) is 12.1 Å². The molecule has 1 aliphatic carbocycles. The zero-order chi connectivity index (χ0) is 10.1. The van der Waals surface area contributed by atoms with Crippen LogP contribution in [0.5, 0.6) is 0 Å². The highest BCUT2D eigenvalue weighted by Crippen LogP contribution is 2.39. The predicted molar refractivity (Wildman–Crippen MR) is 51.4 cm³/mol. The minimum Gasteiger partial charge on any atom is -0.477 e. The molecule has 14 heavy (non-hydrogen) atoms. The Morgan fingerprint density at radius 2 is 2.50 bits per heavy atom. The molecule has 0 saturated heterocycles. The van der Waals surface area contributed by atoms with E-state index < -0.39 is 5.97 Å². The summed E-state index contributed by atoms with van der Waals surface area (Å²) in [6.07, 6.45) is 3.91. The molecule has 0 bridgehead atoms. The first-order chi connectivity index (χ1) is 6.72. The van der Waals surface area contributed by atoms with E-state index in [0.29, 0.717) is 12.5 Å². The third-order valence-corrected chi connectivity index (χ3v) is 2.32. The second-order valence-electron chi connectivity index (χ2n) is 3.50. The van der Waals surface area contributed by atoms with Crippen molar-refractivity contribution in [3.8, 4) is 0 Å². The highest BCUT2D eigenvalue weighted by atomic mass is 16.4. The van der Waals surface area contributed by atoms with Crippen molar-refractivity contribution >= 4 is 5.97 Å². The van der Waals surface area contributed by atoms with E-state index in [1.165, 1.54) is 4.68 Å². The molecule has 1 heterocycles. The SMILES string of the molecule is C=CCn1nc(C2CC2)cc1C(=O)O. The van der Waals surface area contributed by atoms with E-state index in [-0.39, 0.29) is 5.69 Å². The van der Waals surface area contributed by atoms with Gasteiger partial charge in [0, 0.05) is 5.92 Å². The Kier molecular flexibility index (Phi) is 2.11. The van der Waals surface area contributed by atoms with Crippen molar-refractivity contribution in [2.75, 3.05) is 0 Å². The first-order valence-corrected chi connectivity index (χ1v) is 4.64. The summed E-state index contributed by atoms with van der Waals surface area (Å²) in [5.41, 5.74) is 1.16. The van der Waals surface area contributed by atoms with Gasteiger partial charge in [-0.05, 0) is 18.9 Å². The minimum absolute atomic E-state index is 0.256. The maximum absolute atomic E-state index is 10.9. The topological polar surface area (TPSA) is 55.1 Å². The largest absolute Gasteiger partial charge is 0.477 e. The van der Waals surface area contributed by atoms with Gasteiger partial charge in [0.25, 0.3) is 0 Å². The molecule has 0 aromatic carbocycles. The van der Waals surface area contributed by atoms with E-state index in [0.717, 1.165) is 18.5 Å². The molecule has 1 aromatic heterocycles. The summed E-state index contributed by atoms with van der Waals surface area (Å²) >= 11 is 0. The molecule has 1 aliphatic rings. The van der Waals surface area contributed by atoms with Crippen LogP contribution in [0.1, 0.15) is 34.9 Å². The summed E-state index contributed by atoms with van der Waals surface area (Å²) < 4.78 is 1.49. The quantitative estimate of drug-likeness (QED) is 0.738. The molecule has 2 rings (SSSR count). The number of carbonyl (C=O) groups is 1. The number of allylic oxidation sites excluding steroid dienone is 1. The minimum atomic E-state index is -0.925. The van der Waals surface area contributed by atoms with Crippen molar-refractivity contribution in [1.82, 2.24) is 9.78 Å². The van der Waals surface area contributed by atoms with Gasteiger partial charge in [0.2, 0.25) is 0 Å². The molecule has 1 N–H and O–H groups in total. The lowest BCUT2D eigenvalue weighted by atomic mass is 10.3. The molecule has 4 heteroatoms. The van der Waals surface area contributed by atoms with Crippen molar-refractivity contribution in [2.45, 2.75) is 25.3 Å². The number of carboxylic acid groups (broad SMARTS) is 1. The molecule has 0 amide bonds. The molecule has 0 aliphatic heterocycles. The Bertz CT molecular complexity index is 377. The fraction of sp³-hybridized carbons (Fsp3) is 0.400. The van der Waals surface area contributed by atoms with Crippen LogP contribution in [-0.4, -0.2) is 20.9 Å². The number of carboxylic acids is 1. The second kappa shape index (κ2) is 3.29. The van der Waals surface area contributed by atoms with Crippen LogP contribution >= 0.6 is 0 Å². The van der Waals surface area contributed by atoms with Crippen LogP contribution < -0.4 is 0 Å². The van der Waals surface area contributed by atoms with Gasteiger partial charge < -0.3 is 5.11 Å². The van der Waals surface area contributed by atoms with Crippen LogP contribution in [-0.2, 0) is 6.54 Å². The summed E-state index contributed by atoms with van der Waals surface area (Å²) in [5.74, 6) is -0.439. The maximum Gasteiger partial charge on any atom is 0.354 e. The summed E-state index contributed by atoms with van der Waals surface area (Å²) in [7, 11) is 0. The fourth-order valence-corrected chi connectivity index (χ4v) is 1.45.